The van der Waals surface area contributed by atoms with Crippen LogP contribution in [0.1, 0.15) is 48.9 Å². The highest BCUT2D eigenvalue weighted by atomic mass is 19.1. The Morgan fingerprint density at radius 1 is 1.11 bits per heavy atom. The molecule has 1 saturated heterocycles. The number of hydrazine groups is 1. The van der Waals surface area contributed by atoms with Gasteiger partial charge in [0.2, 0.25) is 11.8 Å². The SMILES string of the molecule is CNC/C(=C/N)N(N)CC(=O)N1C[C@H](F)C[C@H]1C(=O)N[C@@H](c1ccccc1)c1ccc(C(C)C)cc1. The molecule has 0 spiro atoms. The summed E-state index contributed by atoms with van der Waals surface area (Å²) in [6.45, 7) is 4.23. The summed E-state index contributed by atoms with van der Waals surface area (Å²) in [6, 6.07) is 16.3. The fourth-order valence-corrected chi connectivity index (χ4v) is 4.40. The minimum absolute atomic E-state index is 0.0634. The van der Waals surface area contributed by atoms with Crippen LogP contribution >= 0.6 is 0 Å². The van der Waals surface area contributed by atoms with Crippen LogP contribution in [0.2, 0.25) is 0 Å². The van der Waals surface area contributed by atoms with Crippen LogP contribution in [0.3, 0.4) is 0 Å². The van der Waals surface area contributed by atoms with Crippen LogP contribution in [0, 0.1) is 0 Å². The average molecular weight is 497 g/mol. The highest BCUT2D eigenvalue weighted by Gasteiger charge is 2.40. The van der Waals surface area contributed by atoms with Crippen molar-refractivity contribution in [3.8, 4) is 0 Å². The number of halogens is 1. The molecule has 9 heteroatoms. The van der Waals surface area contributed by atoms with Gasteiger partial charge >= 0.3 is 0 Å². The van der Waals surface area contributed by atoms with Crippen molar-refractivity contribution in [1.29, 1.82) is 0 Å². The van der Waals surface area contributed by atoms with E-state index in [9.17, 15) is 14.0 Å². The lowest BCUT2D eigenvalue weighted by molar-refractivity contribution is -0.139. The molecule has 2 aromatic carbocycles. The topological polar surface area (TPSA) is 117 Å². The molecule has 0 unspecified atom stereocenters. The van der Waals surface area contributed by atoms with E-state index in [1.54, 1.807) is 7.05 Å². The largest absolute Gasteiger partial charge is 0.403 e. The Bertz CT molecular complexity index is 1040. The summed E-state index contributed by atoms with van der Waals surface area (Å²) < 4.78 is 14.5. The molecule has 2 aromatic rings. The molecular formula is C27H37FN6O2. The predicted molar refractivity (Wildman–Crippen MR) is 139 cm³/mol. The lowest BCUT2D eigenvalue weighted by atomic mass is 9.95. The molecule has 0 bridgehead atoms. The van der Waals surface area contributed by atoms with Crippen molar-refractivity contribution < 1.29 is 14.0 Å². The van der Waals surface area contributed by atoms with Crippen molar-refractivity contribution in [3.63, 3.8) is 0 Å². The van der Waals surface area contributed by atoms with E-state index in [1.807, 2.05) is 42.5 Å². The van der Waals surface area contributed by atoms with Crippen LogP contribution in [0.5, 0.6) is 0 Å². The Morgan fingerprint density at radius 3 is 2.31 bits per heavy atom. The number of carbonyl (C=O) groups is 2. The summed E-state index contributed by atoms with van der Waals surface area (Å²) in [6.07, 6.45) is -0.0463. The number of nitrogens with two attached hydrogens (primary N) is 2. The first kappa shape index (κ1) is 27.2. The Labute approximate surface area is 212 Å². The zero-order valence-electron chi connectivity index (χ0n) is 21.2. The molecule has 0 saturated carbocycles. The first-order valence-corrected chi connectivity index (χ1v) is 12.2. The summed E-state index contributed by atoms with van der Waals surface area (Å²) in [5.74, 6) is 5.55. The van der Waals surface area contributed by atoms with Gasteiger partial charge in [-0.25, -0.2) is 10.2 Å². The first-order valence-electron chi connectivity index (χ1n) is 12.2. The van der Waals surface area contributed by atoms with Crippen molar-refractivity contribution >= 4 is 11.8 Å². The second kappa shape index (κ2) is 12.5. The van der Waals surface area contributed by atoms with Gasteiger partial charge in [-0.15, -0.1) is 0 Å². The second-order valence-electron chi connectivity index (χ2n) is 9.38. The van der Waals surface area contributed by atoms with Crippen molar-refractivity contribution in [2.75, 3.05) is 26.7 Å². The molecule has 8 nitrogen and oxygen atoms in total. The number of rotatable bonds is 10. The number of alkyl halides is 1. The van der Waals surface area contributed by atoms with E-state index in [1.165, 1.54) is 21.7 Å². The summed E-state index contributed by atoms with van der Waals surface area (Å²) in [4.78, 5) is 27.8. The molecule has 0 radical (unpaired) electrons. The third kappa shape index (κ3) is 6.61. The average Bonchev–Trinajstić information content (AvgIpc) is 3.28. The van der Waals surface area contributed by atoms with Crippen LogP contribution in [0.25, 0.3) is 0 Å². The number of amides is 2. The molecule has 1 aliphatic heterocycles. The highest BCUT2D eigenvalue weighted by molar-refractivity contribution is 5.89. The number of hydrogen-bond donors (Lipinski definition) is 4. The van der Waals surface area contributed by atoms with Gasteiger partial charge in [0.1, 0.15) is 18.8 Å². The molecular weight excluding hydrogens is 459 g/mol. The van der Waals surface area contributed by atoms with E-state index in [0.29, 0.717) is 18.2 Å². The molecule has 1 fully saturated rings. The van der Waals surface area contributed by atoms with Gasteiger partial charge in [-0.2, -0.15) is 0 Å². The minimum atomic E-state index is -1.29. The molecule has 3 atom stereocenters. The Morgan fingerprint density at radius 2 is 1.72 bits per heavy atom. The fourth-order valence-electron chi connectivity index (χ4n) is 4.40. The van der Waals surface area contributed by atoms with Crippen molar-refractivity contribution in [3.05, 3.63) is 83.2 Å². The van der Waals surface area contributed by atoms with Crippen molar-refractivity contribution in [1.82, 2.24) is 20.5 Å². The predicted octanol–water partition coefficient (Wildman–Crippen LogP) is 2.15. The van der Waals surface area contributed by atoms with Crippen LogP contribution in [-0.4, -0.2) is 60.6 Å². The standard InChI is InChI=1S/C27H37FN6O2/c1-18(2)19-9-11-21(12-10-19)26(20-7-5-4-6-8-20)32-27(36)24-13-22(28)16-33(24)25(35)17-34(30)23(14-29)15-31-3/h4-12,14,18,22,24,26,31H,13,15-17,29-30H2,1-3H3,(H,32,36)/b23-14-/t22-,24+,26+/m1/s1. The monoisotopic (exact) mass is 496 g/mol. The third-order valence-corrected chi connectivity index (χ3v) is 6.45. The first-order chi connectivity index (χ1) is 17.2. The van der Waals surface area contributed by atoms with E-state index in [2.05, 4.69) is 36.6 Å². The van der Waals surface area contributed by atoms with Crippen LogP contribution in [-0.2, 0) is 9.59 Å². The summed E-state index contributed by atoms with van der Waals surface area (Å²) in [5, 5.41) is 7.20. The number of hydrogen-bond acceptors (Lipinski definition) is 6. The number of benzene rings is 2. The Hall–Kier alpha value is -3.43. The van der Waals surface area contributed by atoms with Crippen molar-refractivity contribution in [2.45, 2.75) is 44.4 Å². The molecule has 3 rings (SSSR count). The number of likely N-dealkylation sites (N-methyl/N-ethyl adjacent to an activating group) is 1. The van der Waals surface area contributed by atoms with Crippen LogP contribution < -0.4 is 22.2 Å². The highest BCUT2D eigenvalue weighted by Crippen LogP contribution is 2.27. The van der Waals surface area contributed by atoms with E-state index in [0.717, 1.165) is 11.1 Å². The van der Waals surface area contributed by atoms with E-state index in [-0.39, 0.29) is 19.5 Å². The van der Waals surface area contributed by atoms with Gasteiger partial charge in [0.25, 0.3) is 0 Å². The van der Waals surface area contributed by atoms with Gasteiger partial charge in [0.05, 0.1) is 18.3 Å². The smallest absolute Gasteiger partial charge is 0.244 e. The lowest BCUT2D eigenvalue weighted by Gasteiger charge is -2.29. The summed E-state index contributed by atoms with van der Waals surface area (Å²) >= 11 is 0. The van der Waals surface area contributed by atoms with E-state index < -0.39 is 30.1 Å². The summed E-state index contributed by atoms with van der Waals surface area (Å²) in [5.41, 5.74) is 9.11. The maximum absolute atomic E-state index is 14.5. The van der Waals surface area contributed by atoms with Gasteiger partial charge in [-0.05, 0) is 29.7 Å². The number of likely N-dealkylation sites (tertiary alicyclic amines) is 1. The quantitative estimate of drug-likeness (QED) is 0.296. The number of nitrogens with zero attached hydrogens (tertiary/aromatic N) is 2. The molecule has 0 aromatic heterocycles. The number of carbonyl (C=O) groups excluding carboxylic acids is 2. The minimum Gasteiger partial charge on any atom is -0.403 e. The third-order valence-electron chi connectivity index (χ3n) is 6.45. The molecule has 1 aliphatic rings. The van der Waals surface area contributed by atoms with Gasteiger partial charge < -0.3 is 26.3 Å². The summed E-state index contributed by atoms with van der Waals surface area (Å²) in [7, 11) is 1.73. The van der Waals surface area contributed by atoms with Gasteiger partial charge in [-0.3, -0.25) is 9.59 Å². The van der Waals surface area contributed by atoms with Gasteiger partial charge in [0, 0.05) is 19.2 Å². The van der Waals surface area contributed by atoms with Gasteiger partial charge in [0.15, 0.2) is 0 Å². The molecule has 1 heterocycles. The molecule has 2 amide bonds. The van der Waals surface area contributed by atoms with Crippen molar-refractivity contribution in [2.24, 2.45) is 11.6 Å². The number of nitrogens with one attached hydrogen (secondary N) is 2. The zero-order valence-corrected chi connectivity index (χ0v) is 21.2. The molecule has 194 valence electrons. The van der Waals surface area contributed by atoms with E-state index in [4.69, 9.17) is 11.6 Å². The van der Waals surface area contributed by atoms with Crippen LogP contribution in [0.4, 0.5) is 4.39 Å². The molecule has 36 heavy (non-hydrogen) atoms. The lowest BCUT2D eigenvalue weighted by Crippen LogP contribution is -2.51. The fraction of sp³-hybridized carbons (Fsp3) is 0.407. The van der Waals surface area contributed by atoms with Crippen LogP contribution in [0.15, 0.2) is 66.5 Å². The zero-order chi connectivity index (χ0) is 26.2. The molecule has 6 N–H and O–H groups in total. The second-order valence-corrected chi connectivity index (χ2v) is 9.38. The Kier molecular flexibility index (Phi) is 9.44. The van der Waals surface area contributed by atoms with E-state index >= 15 is 0 Å². The maximum Gasteiger partial charge on any atom is 0.244 e. The maximum atomic E-state index is 14.5. The molecule has 0 aliphatic carbocycles. The Balaban J connectivity index is 1.80. The van der Waals surface area contributed by atoms with Gasteiger partial charge in [-0.1, -0.05) is 68.4 Å². The normalized spacial score (nSPS) is 18.8.